The first-order chi connectivity index (χ1) is 8.16. The first-order valence-electron chi connectivity index (χ1n) is 6.20. The van der Waals surface area contributed by atoms with Gasteiger partial charge in [0, 0.05) is 0 Å². The molecule has 1 atom stereocenters. The second kappa shape index (κ2) is 11.1. The van der Waals surface area contributed by atoms with E-state index < -0.39 is 5.97 Å². The fourth-order valence-electron chi connectivity index (χ4n) is 1.23. The van der Waals surface area contributed by atoms with E-state index in [1.165, 1.54) is 0 Å². The summed E-state index contributed by atoms with van der Waals surface area (Å²) >= 11 is 0. The highest BCUT2D eigenvalue weighted by atomic mass is 16.4. The fraction of sp³-hybridized carbons (Fsp3) is 0.571. The molecule has 0 aliphatic heterocycles. The Labute approximate surface area is 104 Å². The molecular weight excluding hydrogens is 214 g/mol. The summed E-state index contributed by atoms with van der Waals surface area (Å²) in [4.78, 5) is 14.5. The number of aliphatic carboxylic acids is 1. The number of carboxylic acid groups (broad SMARTS) is 1. The number of allylic oxidation sites excluding steroid dienone is 3. The topological polar surface area (TPSA) is 49.7 Å². The molecule has 0 heterocycles. The van der Waals surface area contributed by atoms with E-state index in [1.54, 1.807) is 6.21 Å². The van der Waals surface area contributed by atoms with Crippen LogP contribution in [0.25, 0.3) is 0 Å². The molecule has 0 aromatic rings. The van der Waals surface area contributed by atoms with Crippen LogP contribution < -0.4 is 0 Å². The fourth-order valence-corrected chi connectivity index (χ4v) is 1.23. The second-order valence-electron chi connectivity index (χ2n) is 3.94. The van der Waals surface area contributed by atoms with Crippen molar-refractivity contribution in [1.82, 2.24) is 0 Å². The molecule has 0 aliphatic carbocycles. The lowest BCUT2D eigenvalue weighted by Gasteiger charge is -2.00. The van der Waals surface area contributed by atoms with Crippen LogP contribution in [-0.2, 0) is 4.79 Å². The van der Waals surface area contributed by atoms with Gasteiger partial charge in [-0.15, -0.1) is 0 Å². The molecule has 96 valence electrons. The Morgan fingerprint density at radius 2 is 2.00 bits per heavy atom. The van der Waals surface area contributed by atoms with Crippen LogP contribution in [0.2, 0.25) is 0 Å². The van der Waals surface area contributed by atoms with Crippen molar-refractivity contribution in [3.63, 3.8) is 0 Å². The van der Waals surface area contributed by atoms with E-state index in [1.807, 2.05) is 6.92 Å². The molecule has 0 rings (SSSR count). The van der Waals surface area contributed by atoms with E-state index in [4.69, 9.17) is 5.11 Å². The van der Waals surface area contributed by atoms with Gasteiger partial charge in [-0.2, -0.15) is 0 Å². The molecule has 3 heteroatoms. The minimum atomic E-state index is -0.772. The molecule has 17 heavy (non-hydrogen) atoms. The Morgan fingerprint density at radius 1 is 1.29 bits per heavy atom. The molecule has 0 aromatic carbocycles. The Balaban J connectivity index is 3.60. The van der Waals surface area contributed by atoms with E-state index >= 15 is 0 Å². The molecule has 0 aromatic heterocycles. The highest BCUT2D eigenvalue weighted by Gasteiger charge is 1.95. The normalized spacial score (nSPS) is 14.0. The first kappa shape index (κ1) is 15.6. The van der Waals surface area contributed by atoms with Crippen molar-refractivity contribution in [3.05, 3.63) is 24.3 Å². The molecule has 0 bridgehead atoms. The van der Waals surface area contributed by atoms with Crippen LogP contribution in [0.15, 0.2) is 29.3 Å². The quantitative estimate of drug-likeness (QED) is 0.492. The summed E-state index contributed by atoms with van der Waals surface area (Å²) in [6.45, 7) is 4.15. The smallest absolute Gasteiger partial charge is 0.303 e. The van der Waals surface area contributed by atoms with Crippen molar-refractivity contribution in [1.29, 1.82) is 0 Å². The van der Waals surface area contributed by atoms with Gasteiger partial charge in [-0.3, -0.25) is 9.79 Å². The average molecular weight is 237 g/mol. The number of carbonyl (C=O) groups is 1. The molecule has 0 fully saturated rings. The van der Waals surface area contributed by atoms with E-state index in [0.717, 1.165) is 19.3 Å². The average Bonchev–Trinajstić information content (AvgIpc) is 2.29. The Morgan fingerprint density at radius 3 is 2.65 bits per heavy atom. The summed E-state index contributed by atoms with van der Waals surface area (Å²) in [6.07, 6.45) is 13.9. The standard InChI is InChI=1S/C14H23NO2/c1-3-4-5-6-7-8-10-13(2)15-12-9-11-14(16)17/h4-5,7-8,12-13H,3,6,9-11H2,1-2H3,(H,16,17). The van der Waals surface area contributed by atoms with Gasteiger partial charge in [-0.1, -0.05) is 31.2 Å². The molecule has 0 radical (unpaired) electrons. The maximum absolute atomic E-state index is 10.3. The maximum atomic E-state index is 10.3. The SMILES string of the molecule is CCC=CCC=CCC(C)N=CCCC(=O)O. The van der Waals surface area contributed by atoms with Gasteiger partial charge in [-0.25, -0.2) is 0 Å². The van der Waals surface area contributed by atoms with Crippen molar-refractivity contribution in [2.45, 2.75) is 52.0 Å². The minimum Gasteiger partial charge on any atom is -0.481 e. The summed E-state index contributed by atoms with van der Waals surface area (Å²) in [5, 5.41) is 8.44. The van der Waals surface area contributed by atoms with Crippen molar-refractivity contribution in [3.8, 4) is 0 Å². The number of hydrogen-bond donors (Lipinski definition) is 1. The number of hydrogen-bond acceptors (Lipinski definition) is 2. The lowest BCUT2D eigenvalue weighted by Crippen LogP contribution is -1.98. The lowest BCUT2D eigenvalue weighted by atomic mass is 10.2. The number of rotatable bonds is 9. The Bertz CT molecular complexity index is 280. The van der Waals surface area contributed by atoms with E-state index in [0.29, 0.717) is 6.42 Å². The lowest BCUT2D eigenvalue weighted by molar-refractivity contribution is -0.136. The largest absolute Gasteiger partial charge is 0.481 e. The molecule has 1 N–H and O–H groups in total. The summed E-state index contributed by atoms with van der Waals surface area (Å²) in [5.41, 5.74) is 0. The van der Waals surface area contributed by atoms with Gasteiger partial charge in [-0.05, 0) is 38.8 Å². The van der Waals surface area contributed by atoms with Crippen molar-refractivity contribution >= 4 is 12.2 Å². The molecule has 0 saturated heterocycles. The number of nitrogens with zero attached hydrogens (tertiary/aromatic N) is 1. The molecule has 0 aliphatic rings. The molecule has 0 spiro atoms. The minimum absolute atomic E-state index is 0.161. The summed E-state index contributed by atoms with van der Waals surface area (Å²) in [6, 6.07) is 0.232. The van der Waals surface area contributed by atoms with Crippen LogP contribution in [0.5, 0.6) is 0 Å². The highest BCUT2D eigenvalue weighted by molar-refractivity contribution is 5.71. The molecule has 0 saturated carbocycles. The van der Waals surface area contributed by atoms with Gasteiger partial charge in [0.05, 0.1) is 12.5 Å². The van der Waals surface area contributed by atoms with Gasteiger partial charge in [0.1, 0.15) is 0 Å². The van der Waals surface area contributed by atoms with Crippen LogP contribution in [0, 0.1) is 0 Å². The van der Waals surface area contributed by atoms with Gasteiger partial charge in [0.25, 0.3) is 0 Å². The zero-order chi connectivity index (χ0) is 12.9. The molecule has 1 unspecified atom stereocenters. The van der Waals surface area contributed by atoms with Crippen LogP contribution in [0.4, 0.5) is 0 Å². The third kappa shape index (κ3) is 12.6. The third-order valence-electron chi connectivity index (χ3n) is 2.17. The second-order valence-corrected chi connectivity index (χ2v) is 3.94. The zero-order valence-electron chi connectivity index (χ0n) is 10.8. The summed E-state index contributed by atoms with van der Waals surface area (Å²) in [5.74, 6) is -0.772. The van der Waals surface area contributed by atoms with Crippen LogP contribution in [0.3, 0.4) is 0 Å². The molecule has 3 nitrogen and oxygen atoms in total. The van der Waals surface area contributed by atoms with Crippen LogP contribution >= 0.6 is 0 Å². The Kier molecular flexibility index (Phi) is 10.2. The van der Waals surface area contributed by atoms with Gasteiger partial charge in [0.15, 0.2) is 0 Å². The van der Waals surface area contributed by atoms with Crippen molar-refractivity contribution in [2.75, 3.05) is 0 Å². The number of carboxylic acids is 1. The highest BCUT2D eigenvalue weighted by Crippen LogP contribution is 1.99. The molecule has 0 amide bonds. The monoisotopic (exact) mass is 237 g/mol. The van der Waals surface area contributed by atoms with Crippen molar-refractivity contribution in [2.24, 2.45) is 4.99 Å². The predicted octanol–water partition coefficient (Wildman–Crippen LogP) is 3.61. The Hall–Kier alpha value is -1.38. The van der Waals surface area contributed by atoms with E-state index in [9.17, 15) is 4.79 Å². The van der Waals surface area contributed by atoms with E-state index in [2.05, 4.69) is 36.2 Å². The maximum Gasteiger partial charge on any atom is 0.303 e. The van der Waals surface area contributed by atoms with Gasteiger partial charge in [0.2, 0.25) is 0 Å². The first-order valence-corrected chi connectivity index (χ1v) is 6.20. The summed E-state index contributed by atoms with van der Waals surface area (Å²) < 4.78 is 0. The predicted molar refractivity (Wildman–Crippen MR) is 72.6 cm³/mol. The van der Waals surface area contributed by atoms with Gasteiger partial charge < -0.3 is 5.11 Å². The van der Waals surface area contributed by atoms with E-state index in [-0.39, 0.29) is 12.5 Å². The summed E-state index contributed by atoms with van der Waals surface area (Å²) in [7, 11) is 0. The van der Waals surface area contributed by atoms with Crippen molar-refractivity contribution < 1.29 is 9.90 Å². The molecular formula is C14H23NO2. The zero-order valence-corrected chi connectivity index (χ0v) is 10.8. The third-order valence-corrected chi connectivity index (χ3v) is 2.17. The number of aliphatic imine (C=N–C) groups is 1. The van der Waals surface area contributed by atoms with Crippen LogP contribution in [0.1, 0.15) is 46.0 Å². The van der Waals surface area contributed by atoms with Crippen LogP contribution in [-0.4, -0.2) is 23.3 Å². The van der Waals surface area contributed by atoms with Gasteiger partial charge >= 0.3 is 5.97 Å².